The molecule has 1 N–H and O–H groups in total. The lowest BCUT2D eigenvalue weighted by atomic mass is 10.2. The summed E-state index contributed by atoms with van der Waals surface area (Å²) in [5.74, 6) is -0.163. The molecule has 0 aliphatic heterocycles. The first-order valence-corrected chi connectivity index (χ1v) is 8.35. The van der Waals surface area contributed by atoms with Gasteiger partial charge in [0.2, 0.25) is 5.91 Å². The molecule has 3 rings (SSSR count). The van der Waals surface area contributed by atoms with Crippen LogP contribution >= 0.6 is 22.9 Å². The number of carbonyl (C=O) groups is 1. The standard InChI is InChI=1S/C17H15ClN2O2S/c1-10-3-4-12(8-13(10)18)19-16(22)9-20-11(2)7-15(21)17-14(20)5-6-23-17/h3-8H,9H2,1-2H3,(H,19,22). The molecule has 0 saturated heterocycles. The fourth-order valence-corrected chi connectivity index (χ4v) is 3.43. The maximum atomic E-state index is 12.3. The quantitative estimate of drug-likeness (QED) is 0.780. The van der Waals surface area contributed by atoms with Gasteiger partial charge in [-0.05, 0) is 43.0 Å². The normalized spacial score (nSPS) is 10.9. The Labute approximate surface area is 142 Å². The number of nitrogens with zero attached hydrogens (tertiary/aromatic N) is 1. The number of halogens is 1. The predicted molar refractivity (Wildman–Crippen MR) is 95.6 cm³/mol. The summed E-state index contributed by atoms with van der Waals surface area (Å²) in [5, 5.41) is 5.31. The van der Waals surface area contributed by atoms with Crippen LogP contribution in [0.4, 0.5) is 5.69 Å². The van der Waals surface area contributed by atoms with Crippen molar-refractivity contribution in [1.82, 2.24) is 4.57 Å². The molecule has 0 spiro atoms. The predicted octanol–water partition coefficient (Wildman–Crippen LogP) is 3.97. The summed E-state index contributed by atoms with van der Waals surface area (Å²) in [6.45, 7) is 3.88. The second kappa shape index (κ2) is 6.18. The largest absolute Gasteiger partial charge is 0.335 e. The molecule has 0 fully saturated rings. The van der Waals surface area contributed by atoms with Gasteiger partial charge in [-0.15, -0.1) is 11.3 Å². The number of anilines is 1. The summed E-state index contributed by atoms with van der Waals surface area (Å²) >= 11 is 7.46. The van der Waals surface area contributed by atoms with E-state index in [9.17, 15) is 9.59 Å². The number of fused-ring (bicyclic) bond motifs is 1. The van der Waals surface area contributed by atoms with Crippen molar-refractivity contribution in [1.29, 1.82) is 0 Å². The molecule has 1 amide bonds. The Bertz CT molecular complexity index is 959. The molecule has 0 bridgehead atoms. The summed E-state index contributed by atoms with van der Waals surface area (Å²) in [6, 6.07) is 8.84. The molecule has 1 aromatic carbocycles. The fourth-order valence-electron chi connectivity index (χ4n) is 2.45. The monoisotopic (exact) mass is 346 g/mol. The molecule has 2 heterocycles. The number of benzene rings is 1. The summed E-state index contributed by atoms with van der Waals surface area (Å²) in [5.41, 5.74) is 3.16. The first-order valence-electron chi connectivity index (χ1n) is 7.09. The highest BCUT2D eigenvalue weighted by atomic mass is 35.5. The number of aryl methyl sites for hydroxylation is 2. The van der Waals surface area contributed by atoms with Crippen LogP contribution < -0.4 is 10.7 Å². The molecule has 3 aromatic rings. The maximum Gasteiger partial charge on any atom is 0.244 e. The van der Waals surface area contributed by atoms with Crippen LogP contribution in [0.2, 0.25) is 5.02 Å². The third kappa shape index (κ3) is 3.16. The highest BCUT2D eigenvalue weighted by molar-refractivity contribution is 7.17. The molecular weight excluding hydrogens is 332 g/mol. The zero-order valence-corrected chi connectivity index (χ0v) is 14.3. The Morgan fingerprint density at radius 2 is 2.04 bits per heavy atom. The van der Waals surface area contributed by atoms with Gasteiger partial charge in [-0.3, -0.25) is 9.59 Å². The van der Waals surface area contributed by atoms with Crippen LogP contribution in [0.15, 0.2) is 40.5 Å². The zero-order valence-electron chi connectivity index (χ0n) is 12.7. The third-order valence-electron chi connectivity index (χ3n) is 3.68. The number of hydrogen-bond donors (Lipinski definition) is 1. The van der Waals surface area contributed by atoms with Gasteiger partial charge in [0, 0.05) is 22.5 Å². The van der Waals surface area contributed by atoms with E-state index in [1.54, 1.807) is 12.1 Å². The Balaban J connectivity index is 1.87. The Kier molecular flexibility index (Phi) is 4.24. The van der Waals surface area contributed by atoms with Crippen LogP contribution in [0, 0.1) is 13.8 Å². The number of amides is 1. The zero-order chi connectivity index (χ0) is 16.6. The number of carbonyl (C=O) groups excluding carboxylic acids is 1. The van der Waals surface area contributed by atoms with Crippen LogP contribution in [-0.2, 0) is 11.3 Å². The van der Waals surface area contributed by atoms with Crippen LogP contribution in [0.5, 0.6) is 0 Å². The molecule has 0 radical (unpaired) electrons. The number of aromatic nitrogens is 1. The van der Waals surface area contributed by atoms with E-state index in [2.05, 4.69) is 5.32 Å². The van der Waals surface area contributed by atoms with E-state index < -0.39 is 0 Å². The molecule has 23 heavy (non-hydrogen) atoms. The highest BCUT2D eigenvalue weighted by Crippen LogP contribution is 2.21. The van der Waals surface area contributed by atoms with Gasteiger partial charge in [0.1, 0.15) is 6.54 Å². The molecule has 0 atom stereocenters. The van der Waals surface area contributed by atoms with Gasteiger partial charge < -0.3 is 9.88 Å². The molecule has 2 aromatic heterocycles. The van der Waals surface area contributed by atoms with Crippen molar-refractivity contribution < 1.29 is 4.79 Å². The average molecular weight is 347 g/mol. The lowest BCUT2D eigenvalue weighted by Crippen LogP contribution is -2.21. The van der Waals surface area contributed by atoms with E-state index in [-0.39, 0.29) is 17.9 Å². The van der Waals surface area contributed by atoms with Crippen LogP contribution in [0.25, 0.3) is 10.2 Å². The SMILES string of the molecule is Cc1ccc(NC(=O)Cn2c(C)cc(=O)c3sccc32)cc1Cl. The lowest BCUT2D eigenvalue weighted by molar-refractivity contribution is -0.116. The smallest absolute Gasteiger partial charge is 0.244 e. The fraction of sp³-hybridized carbons (Fsp3) is 0.176. The van der Waals surface area contributed by atoms with Crippen molar-refractivity contribution in [3.05, 3.63) is 62.2 Å². The molecule has 6 heteroatoms. The minimum Gasteiger partial charge on any atom is -0.335 e. The molecular formula is C17H15ClN2O2S. The van der Waals surface area contributed by atoms with Gasteiger partial charge in [0.05, 0.1) is 10.2 Å². The highest BCUT2D eigenvalue weighted by Gasteiger charge is 2.11. The molecule has 4 nitrogen and oxygen atoms in total. The summed E-state index contributed by atoms with van der Waals surface area (Å²) < 4.78 is 2.51. The number of pyridine rings is 1. The van der Waals surface area contributed by atoms with E-state index in [1.807, 2.05) is 42.0 Å². The molecule has 0 aliphatic rings. The first kappa shape index (κ1) is 15.8. The summed E-state index contributed by atoms with van der Waals surface area (Å²) in [4.78, 5) is 24.3. The van der Waals surface area contributed by atoms with E-state index in [0.717, 1.165) is 16.8 Å². The van der Waals surface area contributed by atoms with E-state index in [1.165, 1.54) is 11.3 Å². The second-order valence-corrected chi connectivity index (χ2v) is 6.71. The molecule has 0 unspecified atom stereocenters. The molecule has 118 valence electrons. The second-order valence-electron chi connectivity index (χ2n) is 5.38. The summed E-state index contributed by atoms with van der Waals surface area (Å²) in [6.07, 6.45) is 0. The van der Waals surface area contributed by atoms with Crippen LogP contribution in [0.3, 0.4) is 0 Å². The number of rotatable bonds is 3. The van der Waals surface area contributed by atoms with Crippen molar-refractivity contribution in [2.75, 3.05) is 5.32 Å². The van der Waals surface area contributed by atoms with Crippen molar-refractivity contribution >= 4 is 44.7 Å². The van der Waals surface area contributed by atoms with Gasteiger partial charge >= 0.3 is 0 Å². The van der Waals surface area contributed by atoms with Gasteiger partial charge in [-0.2, -0.15) is 0 Å². The van der Waals surface area contributed by atoms with Crippen LogP contribution in [0.1, 0.15) is 11.3 Å². The number of thiophene rings is 1. The van der Waals surface area contributed by atoms with Crippen molar-refractivity contribution in [3.63, 3.8) is 0 Å². The van der Waals surface area contributed by atoms with E-state index in [0.29, 0.717) is 15.4 Å². The minimum absolute atomic E-state index is 0.00512. The third-order valence-corrected chi connectivity index (χ3v) is 5.01. The summed E-state index contributed by atoms with van der Waals surface area (Å²) in [7, 11) is 0. The number of hydrogen-bond acceptors (Lipinski definition) is 3. The number of nitrogens with one attached hydrogen (secondary N) is 1. The van der Waals surface area contributed by atoms with Crippen molar-refractivity contribution in [2.24, 2.45) is 0 Å². The molecule has 0 aliphatic carbocycles. The van der Waals surface area contributed by atoms with Gasteiger partial charge in [0.25, 0.3) is 0 Å². The Morgan fingerprint density at radius 1 is 1.26 bits per heavy atom. The topological polar surface area (TPSA) is 51.1 Å². The molecule has 0 saturated carbocycles. The van der Waals surface area contributed by atoms with Gasteiger partial charge in [0.15, 0.2) is 5.43 Å². The Morgan fingerprint density at radius 3 is 2.78 bits per heavy atom. The lowest BCUT2D eigenvalue weighted by Gasteiger charge is -2.13. The average Bonchev–Trinajstić information content (AvgIpc) is 2.97. The van der Waals surface area contributed by atoms with Gasteiger partial charge in [-0.1, -0.05) is 17.7 Å². The Hall–Kier alpha value is -2.11. The maximum absolute atomic E-state index is 12.3. The minimum atomic E-state index is -0.163. The van der Waals surface area contributed by atoms with Crippen molar-refractivity contribution in [3.8, 4) is 0 Å². The van der Waals surface area contributed by atoms with Crippen LogP contribution in [-0.4, -0.2) is 10.5 Å². The van der Waals surface area contributed by atoms with Crippen molar-refractivity contribution in [2.45, 2.75) is 20.4 Å². The first-order chi connectivity index (χ1) is 11.0. The van der Waals surface area contributed by atoms with Gasteiger partial charge in [-0.25, -0.2) is 0 Å². The van der Waals surface area contributed by atoms with E-state index in [4.69, 9.17) is 11.6 Å². The van der Waals surface area contributed by atoms with E-state index >= 15 is 0 Å².